The van der Waals surface area contributed by atoms with Gasteiger partial charge in [0, 0.05) is 23.2 Å². The van der Waals surface area contributed by atoms with Gasteiger partial charge >= 0.3 is 0 Å². The molecule has 0 aliphatic heterocycles. The molecule has 2 aromatic carbocycles. The van der Waals surface area contributed by atoms with Gasteiger partial charge in [-0.25, -0.2) is 0 Å². The van der Waals surface area contributed by atoms with E-state index in [1.54, 1.807) is 6.20 Å². The maximum Gasteiger partial charge on any atom is 0.255 e. The summed E-state index contributed by atoms with van der Waals surface area (Å²) < 4.78 is 0. The predicted molar refractivity (Wildman–Crippen MR) is 95.2 cm³/mol. The van der Waals surface area contributed by atoms with Crippen molar-refractivity contribution in [3.8, 4) is 0 Å². The Kier molecular flexibility index (Phi) is 3.65. The Morgan fingerprint density at radius 1 is 1.08 bits per heavy atom. The molecule has 1 aliphatic rings. The number of hydrogen-bond acceptors (Lipinski definition) is 2. The smallest absolute Gasteiger partial charge is 0.255 e. The Hall–Kier alpha value is -2.88. The quantitative estimate of drug-likeness (QED) is 0.774. The Labute approximate surface area is 139 Å². The summed E-state index contributed by atoms with van der Waals surface area (Å²) in [6.45, 7) is 0. The maximum atomic E-state index is 11.9. The molecular weight excluding hydrogens is 300 g/mol. The Morgan fingerprint density at radius 2 is 1.88 bits per heavy atom. The van der Waals surface area contributed by atoms with Crippen molar-refractivity contribution < 1.29 is 4.79 Å². The minimum atomic E-state index is -0.0696. The van der Waals surface area contributed by atoms with Gasteiger partial charge in [0.2, 0.25) is 5.91 Å². The minimum absolute atomic E-state index is 0.0696. The van der Waals surface area contributed by atoms with E-state index in [4.69, 9.17) is 0 Å². The number of fused-ring (bicyclic) bond motifs is 1. The summed E-state index contributed by atoms with van der Waals surface area (Å²) in [5, 5.41) is 4.65. The van der Waals surface area contributed by atoms with Crippen molar-refractivity contribution in [2.24, 2.45) is 5.92 Å². The van der Waals surface area contributed by atoms with Crippen LogP contribution in [0.4, 0.5) is 5.69 Å². The molecule has 1 saturated carbocycles. The average molecular weight is 318 g/mol. The van der Waals surface area contributed by atoms with Gasteiger partial charge in [0.15, 0.2) is 0 Å². The molecule has 120 valence electrons. The monoisotopic (exact) mass is 318 g/mol. The Bertz CT molecular complexity index is 971. The van der Waals surface area contributed by atoms with Crippen molar-refractivity contribution in [3.05, 3.63) is 76.2 Å². The van der Waals surface area contributed by atoms with E-state index in [0.717, 1.165) is 35.0 Å². The number of benzene rings is 2. The predicted octanol–water partition coefficient (Wildman–Crippen LogP) is 3.47. The fourth-order valence-corrected chi connectivity index (χ4v) is 2.98. The van der Waals surface area contributed by atoms with Crippen molar-refractivity contribution >= 4 is 22.4 Å². The van der Waals surface area contributed by atoms with E-state index in [-0.39, 0.29) is 17.4 Å². The third-order valence-corrected chi connectivity index (χ3v) is 4.43. The van der Waals surface area contributed by atoms with Gasteiger partial charge in [-0.05, 0) is 54.0 Å². The van der Waals surface area contributed by atoms with E-state index < -0.39 is 0 Å². The first-order chi connectivity index (χ1) is 11.7. The highest BCUT2D eigenvalue weighted by atomic mass is 16.2. The van der Waals surface area contributed by atoms with E-state index in [1.165, 1.54) is 0 Å². The van der Waals surface area contributed by atoms with E-state index in [1.807, 2.05) is 48.5 Å². The molecule has 1 aromatic heterocycles. The highest BCUT2D eigenvalue weighted by molar-refractivity contribution is 5.94. The number of pyridine rings is 1. The number of H-pyrrole nitrogens is 1. The van der Waals surface area contributed by atoms with Crippen LogP contribution >= 0.6 is 0 Å². The number of aromatic amines is 1. The van der Waals surface area contributed by atoms with Gasteiger partial charge in [-0.15, -0.1) is 0 Å². The second-order valence-corrected chi connectivity index (χ2v) is 6.33. The van der Waals surface area contributed by atoms with Crippen LogP contribution in [0.5, 0.6) is 0 Å². The third-order valence-electron chi connectivity index (χ3n) is 4.43. The van der Waals surface area contributed by atoms with Gasteiger partial charge in [-0.3, -0.25) is 9.59 Å². The van der Waals surface area contributed by atoms with Crippen molar-refractivity contribution in [1.82, 2.24) is 4.98 Å². The second kappa shape index (κ2) is 5.96. The fraction of sp³-hybridized carbons (Fsp3) is 0.200. The topological polar surface area (TPSA) is 62.0 Å². The summed E-state index contributed by atoms with van der Waals surface area (Å²) in [5.74, 6) is 0.304. The van der Waals surface area contributed by atoms with Crippen LogP contribution in [0.25, 0.3) is 10.8 Å². The molecule has 1 amide bonds. The van der Waals surface area contributed by atoms with Gasteiger partial charge in [0.1, 0.15) is 0 Å². The molecule has 0 bridgehead atoms. The summed E-state index contributed by atoms with van der Waals surface area (Å²) in [6.07, 6.45) is 4.47. The lowest BCUT2D eigenvalue weighted by atomic mass is 10.0. The van der Waals surface area contributed by atoms with Crippen LogP contribution in [0.2, 0.25) is 0 Å². The number of hydrogen-bond donors (Lipinski definition) is 2. The zero-order chi connectivity index (χ0) is 16.5. The second-order valence-electron chi connectivity index (χ2n) is 6.33. The molecule has 1 aliphatic carbocycles. The van der Waals surface area contributed by atoms with Crippen LogP contribution in [-0.4, -0.2) is 10.9 Å². The molecule has 0 unspecified atom stereocenters. The van der Waals surface area contributed by atoms with Crippen molar-refractivity contribution in [2.45, 2.75) is 19.3 Å². The first-order valence-electron chi connectivity index (χ1n) is 8.20. The van der Waals surface area contributed by atoms with Crippen molar-refractivity contribution in [2.75, 3.05) is 5.32 Å². The summed E-state index contributed by atoms with van der Waals surface area (Å²) in [7, 11) is 0. The molecule has 1 fully saturated rings. The molecule has 2 N–H and O–H groups in total. The van der Waals surface area contributed by atoms with Crippen LogP contribution in [-0.2, 0) is 11.2 Å². The first kappa shape index (κ1) is 14.7. The highest BCUT2D eigenvalue weighted by Crippen LogP contribution is 2.30. The number of nitrogens with one attached hydrogen (secondary N) is 2. The molecule has 0 atom stereocenters. The largest absolute Gasteiger partial charge is 0.328 e. The van der Waals surface area contributed by atoms with E-state index in [2.05, 4.69) is 10.3 Å². The number of carbonyl (C=O) groups excluding carboxylic acids is 1. The number of carbonyl (C=O) groups is 1. The number of rotatable bonds is 4. The van der Waals surface area contributed by atoms with Crippen molar-refractivity contribution in [3.63, 3.8) is 0 Å². The molecule has 3 aromatic rings. The standard InChI is InChI=1S/C20H18N2O2/c23-19(14-8-9-14)22-16-5-3-4-13(11-16)10-15-12-21-20(24)18-7-2-1-6-17(15)18/h1-7,11-12,14H,8-10H2,(H,21,24)(H,22,23). The number of amides is 1. The lowest BCUT2D eigenvalue weighted by Crippen LogP contribution is -2.13. The van der Waals surface area contributed by atoms with E-state index in [0.29, 0.717) is 11.8 Å². The highest BCUT2D eigenvalue weighted by Gasteiger charge is 2.29. The summed E-state index contributed by atoms with van der Waals surface area (Å²) in [4.78, 5) is 26.6. The molecule has 0 spiro atoms. The van der Waals surface area contributed by atoms with Crippen LogP contribution in [0, 0.1) is 5.92 Å². The number of anilines is 1. The van der Waals surface area contributed by atoms with Crippen LogP contribution in [0.1, 0.15) is 24.0 Å². The minimum Gasteiger partial charge on any atom is -0.328 e. The molecule has 0 saturated heterocycles. The van der Waals surface area contributed by atoms with Crippen molar-refractivity contribution in [1.29, 1.82) is 0 Å². The van der Waals surface area contributed by atoms with Gasteiger partial charge in [-0.2, -0.15) is 0 Å². The fourth-order valence-electron chi connectivity index (χ4n) is 2.98. The number of aromatic nitrogens is 1. The summed E-state index contributed by atoms with van der Waals surface area (Å²) >= 11 is 0. The normalized spacial score (nSPS) is 13.8. The van der Waals surface area contributed by atoms with Gasteiger partial charge in [-0.1, -0.05) is 30.3 Å². The lowest BCUT2D eigenvalue weighted by molar-refractivity contribution is -0.117. The van der Waals surface area contributed by atoms with E-state index in [9.17, 15) is 9.59 Å². The molecule has 0 radical (unpaired) electrons. The van der Waals surface area contributed by atoms with E-state index >= 15 is 0 Å². The Balaban J connectivity index is 1.62. The third kappa shape index (κ3) is 2.95. The zero-order valence-corrected chi connectivity index (χ0v) is 13.2. The summed E-state index contributed by atoms with van der Waals surface area (Å²) in [5.41, 5.74) is 2.93. The van der Waals surface area contributed by atoms with Crippen LogP contribution < -0.4 is 10.9 Å². The van der Waals surface area contributed by atoms with Gasteiger partial charge < -0.3 is 10.3 Å². The Morgan fingerprint density at radius 3 is 2.67 bits per heavy atom. The molecule has 4 nitrogen and oxygen atoms in total. The SMILES string of the molecule is O=C(Nc1cccc(Cc2c[nH]c(=O)c3ccccc23)c1)C1CC1. The molecule has 4 heteroatoms. The first-order valence-corrected chi connectivity index (χ1v) is 8.20. The molecule has 1 heterocycles. The van der Waals surface area contributed by atoms with Gasteiger partial charge in [0.25, 0.3) is 5.56 Å². The molecular formula is C20H18N2O2. The van der Waals surface area contributed by atoms with Crippen LogP contribution in [0.3, 0.4) is 0 Å². The zero-order valence-electron chi connectivity index (χ0n) is 13.2. The van der Waals surface area contributed by atoms with Crippen LogP contribution in [0.15, 0.2) is 59.5 Å². The molecule has 24 heavy (non-hydrogen) atoms. The average Bonchev–Trinajstić information content (AvgIpc) is 3.43. The maximum absolute atomic E-state index is 11.9. The van der Waals surface area contributed by atoms with Gasteiger partial charge in [0.05, 0.1) is 0 Å². The summed E-state index contributed by atoms with van der Waals surface area (Å²) in [6, 6.07) is 15.5. The lowest BCUT2D eigenvalue weighted by Gasteiger charge is -2.09. The molecule has 4 rings (SSSR count).